The maximum absolute atomic E-state index is 12.5. The molecule has 11 heteroatoms. The maximum Gasteiger partial charge on any atom is 0.472 e. The third-order valence-corrected chi connectivity index (χ3v) is 8.22. The van der Waals surface area contributed by atoms with E-state index >= 15 is 0 Å². The maximum atomic E-state index is 12.5. The molecule has 0 saturated carbocycles. The van der Waals surface area contributed by atoms with Crippen molar-refractivity contribution in [3.8, 4) is 0 Å². The summed E-state index contributed by atoms with van der Waals surface area (Å²) in [5.41, 5.74) is 0. The minimum Gasteiger partial charge on any atom is -0.462 e. The van der Waals surface area contributed by atoms with Crippen LogP contribution in [0.3, 0.4) is 0 Å². The number of phosphoric acid groups is 1. The van der Waals surface area contributed by atoms with Crippen molar-refractivity contribution in [3.63, 3.8) is 0 Å². The number of esters is 2. The quantitative estimate of drug-likeness (QED) is 0.0250. The minimum absolute atomic E-state index is 0.0578. The molecule has 0 amide bonds. The summed E-state index contributed by atoms with van der Waals surface area (Å²) < 4.78 is 32.4. The Hall–Kier alpha value is -3.11. The molecule has 0 fully saturated rings. The highest BCUT2D eigenvalue weighted by molar-refractivity contribution is 7.47. The number of carbonyl (C=O) groups is 2. The standard InChI is InChI=1S/C42H67O10P/c1-3-5-7-9-11-13-15-17-19-21-23-25-27-29-31-33-41(45)49-37-40(38-51-53(47,48)50-36-39(44)35-43)52-42(46)34-32-30-28-26-24-22-20-18-16-14-12-10-8-6-4-2/h5-8,11-14,17-20,24,26,30,32,39-40,43-44H,3-4,9-10,15-16,21-23,25,27-29,31,33-38H2,1-2H3,(H,47,48)/b7-5-,8-6-,13-11-,14-12-,19-17-,20-18-,26-24-,32-30-. The van der Waals surface area contributed by atoms with Gasteiger partial charge in [-0.25, -0.2) is 4.57 Å². The number of hydrogen-bond donors (Lipinski definition) is 3. The molecule has 3 N–H and O–H groups in total. The van der Waals surface area contributed by atoms with E-state index in [2.05, 4.69) is 91.3 Å². The van der Waals surface area contributed by atoms with E-state index in [1.54, 1.807) is 6.08 Å². The van der Waals surface area contributed by atoms with E-state index in [1.165, 1.54) is 0 Å². The van der Waals surface area contributed by atoms with Crippen LogP contribution in [-0.4, -0.2) is 65.7 Å². The molecular formula is C42H67O10P. The van der Waals surface area contributed by atoms with Gasteiger partial charge in [-0.15, -0.1) is 0 Å². The Morgan fingerprint density at radius 2 is 1.04 bits per heavy atom. The molecule has 0 aliphatic heterocycles. The molecule has 0 aliphatic rings. The van der Waals surface area contributed by atoms with Gasteiger partial charge in [0, 0.05) is 6.42 Å². The van der Waals surface area contributed by atoms with Crippen LogP contribution in [0, 0.1) is 0 Å². The Bertz CT molecular complexity index is 1200. The second kappa shape index (κ2) is 37.2. The van der Waals surface area contributed by atoms with E-state index < -0.39 is 51.8 Å². The van der Waals surface area contributed by atoms with Crippen LogP contribution >= 0.6 is 7.82 Å². The first kappa shape index (κ1) is 49.9. The van der Waals surface area contributed by atoms with Gasteiger partial charge >= 0.3 is 19.8 Å². The Labute approximate surface area is 319 Å². The Morgan fingerprint density at radius 3 is 1.57 bits per heavy atom. The van der Waals surface area contributed by atoms with Crippen molar-refractivity contribution < 1.29 is 47.8 Å². The SMILES string of the molecule is CC/C=C\C/C=C\C/C=C\C/C=C\C/C=C\CC(=O)OC(COC(=O)CCCCCCC/C=C\C/C=C\C/C=C\CC)COP(=O)(O)OCC(O)CO. The smallest absolute Gasteiger partial charge is 0.462 e. The van der Waals surface area contributed by atoms with Gasteiger partial charge in [0.05, 0.1) is 26.2 Å². The molecule has 3 atom stereocenters. The number of hydrogen-bond acceptors (Lipinski definition) is 9. The average molecular weight is 763 g/mol. The van der Waals surface area contributed by atoms with E-state index in [4.69, 9.17) is 19.1 Å². The Morgan fingerprint density at radius 1 is 0.585 bits per heavy atom. The van der Waals surface area contributed by atoms with Crippen LogP contribution in [0.15, 0.2) is 97.2 Å². The molecule has 0 aromatic carbocycles. The molecule has 0 bridgehead atoms. The van der Waals surface area contributed by atoms with Gasteiger partial charge < -0.3 is 24.6 Å². The van der Waals surface area contributed by atoms with Gasteiger partial charge in [0.2, 0.25) is 0 Å². The van der Waals surface area contributed by atoms with Crippen LogP contribution in [0.4, 0.5) is 0 Å². The van der Waals surface area contributed by atoms with Gasteiger partial charge in [0.1, 0.15) is 12.7 Å². The molecule has 0 aromatic heterocycles. The lowest BCUT2D eigenvalue weighted by molar-refractivity contribution is -0.160. The number of phosphoric ester groups is 1. The van der Waals surface area contributed by atoms with Gasteiger partial charge in [-0.05, 0) is 70.6 Å². The summed E-state index contributed by atoms with van der Waals surface area (Å²) >= 11 is 0. The van der Waals surface area contributed by atoms with Crippen LogP contribution in [0.1, 0.15) is 117 Å². The fourth-order valence-corrected chi connectivity index (χ4v) is 5.16. The summed E-state index contributed by atoms with van der Waals surface area (Å²) in [6, 6.07) is 0. The zero-order chi connectivity index (χ0) is 39.1. The van der Waals surface area contributed by atoms with Gasteiger partial charge in [-0.2, -0.15) is 0 Å². The van der Waals surface area contributed by atoms with Gasteiger partial charge in [0.25, 0.3) is 0 Å². The fourth-order valence-electron chi connectivity index (χ4n) is 4.37. The zero-order valence-corrected chi connectivity index (χ0v) is 33.1. The van der Waals surface area contributed by atoms with Crippen molar-refractivity contribution in [3.05, 3.63) is 97.2 Å². The summed E-state index contributed by atoms with van der Waals surface area (Å²) in [6.07, 6.45) is 44.1. The monoisotopic (exact) mass is 762 g/mol. The van der Waals surface area contributed by atoms with Crippen LogP contribution in [-0.2, 0) is 32.7 Å². The van der Waals surface area contributed by atoms with Crippen LogP contribution in [0.5, 0.6) is 0 Å². The van der Waals surface area contributed by atoms with Crippen molar-refractivity contribution in [2.75, 3.05) is 26.4 Å². The number of aliphatic hydroxyl groups excluding tert-OH is 2. The number of carbonyl (C=O) groups excluding carboxylic acids is 2. The highest BCUT2D eigenvalue weighted by atomic mass is 31.2. The van der Waals surface area contributed by atoms with Crippen LogP contribution in [0.2, 0.25) is 0 Å². The molecule has 0 aliphatic carbocycles. The van der Waals surface area contributed by atoms with Gasteiger partial charge in [0.15, 0.2) is 6.10 Å². The molecule has 300 valence electrons. The van der Waals surface area contributed by atoms with Crippen molar-refractivity contribution in [2.24, 2.45) is 0 Å². The molecule has 10 nitrogen and oxygen atoms in total. The zero-order valence-electron chi connectivity index (χ0n) is 32.2. The van der Waals surface area contributed by atoms with E-state index in [9.17, 15) is 24.2 Å². The third kappa shape index (κ3) is 37.0. The molecule has 3 unspecified atom stereocenters. The van der Waals surface area contributed by atoms with E-state index in [0.29, 0.717) is 12.8 Å². The summed E-state index contributed by atoms with van der Waals surface area (Å²) in [6.45, 7) is 1.98. The first-order chi connectivity index (χ1) is 25.7. The van der Waals surface area contributed by atoms with Gasteiger partial charge in [-0.1, -0.05) is 130 Å². The largest absolute Gasteiger partial charge is 0.472 e. The van der Waals surface area contributed by atoms with Crippen molar-refractivity contribution in [1.82, 2.24) is 0 Å². The molecule has 0 spiro atoms. The number of rotatable bonds is 34. The Balaban J connectivity index is 4.56. The lowest BCUT2D eigenvalue weighted by atomic mass is 10.1. The highest BCUT2D eigenvalue weighted by Crippen LogP contribution is 2.43. The predicted molar refractivity (Wildman–Crippen MR) is 214 cm³/mol. The third-order valence-electron chi connectivity index (χ3n) is 7.27. The first-order valence-electron chi connectivity index (χ1n) is 19.2. The van der Waals surface area contributed by atoms with Gasteiger partial charge in [-0.3, -0.25) is 18.6 Å². The first-order valence-corrected chi connectivity index (χ1v) is 20.7. The van der Waals surface area contributed by atoms with Crippen LogP contribution < -0.4 is 0 Å². The van der Waals surface area contributed by atoms with Crippen molar-refractivity contribution >= 4 is 19.8 Å². The number of aliphatic hydroxyl groups is 2. The molecular weight excluding hydrogens is 695 g/mol. The summed E-state index contributed by atoms with van der Waals surface area (Å²) in [5.74, 6) is -1.11. The molecule has 0 aromatic rings. The molecule has 53 heavy (non-hydrogen) atoms. The Kier molecular flexibility index (Phi) is 35.0. The topological polar surface area (TPSA) is 149 Å². The molecule has 0 radical (unpaired) electrons. The lowest BCUT2D eigenvalue weighted by Crippen LogP contribution is -2.29. The van der Waals surface area contributed by atoms with Crippen molar-refractivity contribution in [1.29, 1.82) is 0 Å². The second-order valence-corrected chi connectivity index (χ2v) is 13.7. The highest BCUT2D eigenvalue weighted by Gasteiger charge is 2.27. The lowest BCUT2D eigenvalue weighted by Gasteiger charge is -2.20. The normalized spacial score (nSPS) is 15.0. The fraction of sp³-hybridized carbons (Fsp3) is 0.571. The van der Waals surface area contributed by atoms with Crippen LogP contribution in [0.25, 0.3) is 0 Å². The number of unbranched alkanes of at least 4 members (excludes halogenated alkanes) is 5. The summed E-state index contributed by atoms with van der Waals surface area (Å²) in [5, 5.41) is 18.3. The molecule has 0 saturated heterocycles. The molecule has 0 rings (SSSR count). The van der Waals surface area contributed by atoms with Crippen molar-refractivity contribution in [2.45, 2.75) is 129 Å². The molecule has 0 heterocycles. The number of allylic oxidation sites excluding steroid dienone is 15. The summed E-state index contributed by atoms with van der Waals surface area (Å²) in [4.78, 5) is 34.8. The number of ether oxygens (including phenoxy) is 2. The second-order valence-electron chi connectivity index (χ2n) is 12.2. The average Bonchev–Trinajstić information content (AvgIpc) is 3.14. The predicted octanol–water partition coefficient (Wildman–Crippen LogP) is 9.66. The minimum atomic E-state index is -4.65. The van der Waals surface area contributed by atoms with E-state index in [0.717, 1.165) is 77.0 Å². The van der Waals surface area contributed by atoms with E-state index in [1.807, 2.05) is 18.2 Å². The summed E-state index contributed by atoms with van der Waals surface area (Å²) in [7, 11) is -4.65. The van der Waals surface area contributed by atoms with E-state index in [-0.39, 0.29) is 19.4 Å².